The summed E-state index contributed by atoms with van der Waals surface area (Å²) in [5.74, 6) is -1.13. The van der Waals surface area contributed by atoms with Crippen molar-refractivity contribution in [2.45, 2.75) is 12.5 Å². The van der Waals surface area contributed by atoms with Crippen molar-refractivity contribution in [2.24, 2.45) is 5.92 Å². The lowest BCUT2D eigenvalue weighted by Crippen LogP contribution is -2.26. The molecule has 0 fully saturated rings. The molecule has 1 heterocycles. The van der Waals surface area contributed by atoms with Crippen LogP contribution in [0.5, 0.6) is 0 Å². The normalized spacial score (nSPS) is 21.0. The number of hydrogen-bond acceptors (Lipinski definition) is 5. The highest BCUT2D eigenvalue weighted by molar-refractivity contribution is 7.51. The molecule has 0 aromatic carbocycles. The molecular formula is C11H16F2N3O5P. The molecule has 2 rings (SSSR count). The molecule has 1 aromatic heterocycles. The second-order valence-corrected chi connectivity index (χ2v) is 6.17. The summed E-state index contributed by atoms with van der Waals surface area (Å²) in [5, 5.41) is 7.64. The van der Waals surface area contributed by atoms with Crippen LogP contribution < -0.4 is 11.4 Å². The van der Waals surface area contributed by atoms with Gasteiger partial charge < -0.3 is 20.6 Å². The van der Waals surface area contributed by atoms with Gasteiger partial charge in [0.2, 0.25) is 0 Å². The van der Waals surface area contributed by atoms with E-state index in [4.69, 9.17) is 20.6 Å². The van der Waals surface area contributed by atoms with E-state index < -0.39 is 44.1 Å². The molecule has 8 nitrogen and oxygen atoms in total. The molecule has 5 N–H and O–H groups in total. The van der Waals surface area contributed by atoms with E-state index in [0.29, 0.717) is 0 Å². The van der Waals surface area contributed by atoms with Crippen LogP contribution in [0.15, 0.2) is 29.0 Å². The van der Waals surface area contributed by atoms with Crippen molar-refractivity contribution >= 4 is 13.4 Å². The smallest absolute Gasteiger partial charge is 0.350 e. The predicted molar refractivity (Wildman–Crippen MR) is 74.3 cm³/mol. The van der Waals surface area contributed by atoms with Crippen LogP contribution >= 0.6 is 7.60 Å². The van der Waals surface area contributed by atoms with E-state index in [1.807, 2.05) is 0 Å². The number of alkyl halides is 1. The summed E-state index contributed by atoms with van der Waals surface area (Å²) in [6.07, 6.45) is 1.88. The number of nitrogen functional groups attached to an aromatic ring is 1. The number of anilines is 1. The number of aliphatic hydroxyl groups is 1. The lowest BCUT2D eigenvalue weighted by Gasteiger charge is -2.12. The molecule has 0 saturated carbocycles. The highest BCUT2D eigenvalue weighted by Gasteiger charge is 2.28. The number of aliphatic hydroxyl groups excluding tert-OH is 1. The van der Waals surface area contributed by atoms with Gasteiger partial charge in [-0.25, -0.2) is 9.18 Å². The summed E-state index contributed by atoms with van der Waals surface area (Å²) in [6.45, 7) is -0.754. The molecule has 0 aliphatic heterocycles. The van der Waals surface area contributed by atoms with Crippen molar-refractivity contribution in [3.05, 3.63) is 34.7 Å². The standard InChI is InChI=1S/C10H11F2N3O.CH5O4P/c11-5-6-3-7(4-8(6)12)15-2-1-9(13)14-10(15)16;2-1-6(3,4)5/h1-2,4,6-7H,3,5H2,(H2,13,14,16);2H,1H2,(H2,3,4,5)/t6?,7-;/m0./s1. The van der Waals surface area contributed by atoms with Gasteiger partial charge in [0.25, 0.3) is 0 Å². The van der Waals surface area contributed by atoms with Gasteiger partial charge in [-0.1, -0.05) is 0 Å². The second-order valence-electron chi connectivity index (χ2n) is 4.55. The fourth-order valence-corrected chi connectivity index (χ4v) is 1.80. The van der Waals surface area contributed by atoms with E-state index in [2.05, 4.69) is 4.98 Å². The Morgan fingerprint density at radius 1 is 1.50 bits per heavy atom. The van der Waals surface area contributed by atoms with Crippen molar-refractivity contribution in [1.29, 1.82) is 0 Å². The molecule has 22 heavy (non-hydrogen) atoms. The maximum atomic E-state index is 13.2. The van der Waals surface area contributed by atoms with Crippen molar-refractivity contribution < 1.29 is 28.2 Å². The molecule has 0 amide bonds. The molecule has 1 unspecified atom stereocenters. The Morgan fingerprint density at radius 2 is 2.09 bits per heavy atom. The van der Waals surface area contributed by atoms with Crippen LogP contribution in [-0.4, -0.2) is 37.5 Å². The minimum absolute atomic E-state index is 0.116. The van der Waals surface area contributed by atoms with Crippen molar-refractivity contribution in [1.82, 2.24) is 9.55 Å². The zero-order chi connectivity index (χ0) is 16.9. The molecule has 0 spiro atoms. The van der Waals surface area contributed by atoms with Crippen molar-refractivity contribution in [3.63, 3.8) is 0 Å². The summed E-state index contributed by atoms with van der Waals surface area (Å²) in [6, 6.07) is 0.983. The Morgan fingerprint density at radius 3 is 2.50 bits per heavy atom. The summed E-state index contributed by atoms with van der Waals surface area (Å²) in [5.41, 5.74) is 4.79. The number of nitrogens with zero attached hydrogens (tertiary/aromatic N) is 2. The van der Waals surface area contributed by atoms with Crippen LogP contribution in [0.4, 0.5) is 14.6 Å². The summed E-state index contributed by atoms with van der Waals surface area (Å²) < 4.78 is 36.3. The van der Waals surface area contributed by atoms with Crippen LogP contribution in [0.1, 0.15) is 12.5 Å². The zero-order valence-corrected chi connectivity index (χ0v) is 12.2. The Balaban J connectivity index is 0.000000346. The fraction of sp³-hybridized carbons (Fsp3) is 0.455. The summed E-state index contributed by atoms with van der Waals surface area (Å²) in [7, 11) is -4.09. The van der Waals surface area contributed by atoms with Gasteiger partial charge in [-0.2, -0.15) is 4.98 Å². The lowest BCUT2D eigenvalue weighted by molar-refractivity contribution is 0.287. The predicted octanol–water partition coefficient (Wildman–Crippen LogP) is 0.323. The Hall–Kier alpha value is -1.61. The molecule has 0 saturated heterocycles. The van der Waals surface area contributed by atoms with E-state index in [1.165, 1.54) is 22.9 Å². The Bertz CT molecular complexity index is 645. The Labute approximate surface area is 124 Å². The second kappa shape index (κ2) is 7.59. The lowest BCUT2D eigenvalue weighted by atomic mass is 10.1. The average Bonchev–Trinajstić information content (AvgIpc) is 2.79. The number of aromatic nitrogens is 2. The molecule has 11 heteroatoms. The maximum absolute atomic E-state index is 13.2. The quantitative estimate of drug-likeness (QED) is 0.582. The zero-order valence-electron chi connectivity index (χ0n) is 11.3. The molecule has 1 aliphatic rings. The first-order valence-corrected chi connectivity index (χ1v) is 7.91. The number of nitrogens with two attached hydrogens (primary N) is 1. The van der Waals surface area contributed by atoms with Crippen LogP contribution in [0.3, 0.4) is 0 Å². The van der Waals surface area contributed by atoms with Crippen LogP contribution in [0.25, 0.3) is 0 Å². The third-order valence-corrected chi connectivity index (χ3v) is 3.22. The summed E-state index contributed by atoms with van der Waals surface area (Å²) in [4.78, 5) is 30.4. The largest absolute Gasteiger partial charge is 0.384 e. The van der Waals surface area contributed by atoms with Gasteiger partial charge in [0, 0.05) is 12.1 Å². The Kier molecular flexibility index (Phi) is 6.36. The van der Waals surface area contributed by atoms with Crippen molar-refractivity contribution in [3.8, 4) is 0 Å². The van der Waals surface area contributed by atoms with E-state index in [1.54, 1.807) is 0 Å². The SMILES string of the molecule is Nc1ccn([C@@H]2C=C(F)C(CF)C2)c(=O)n1.O=P(O)(O)CO. The highest BCUT2D eigenvalue weighted by atomic mass is 31.2. The van der Waals surface area contributed by atoms with Crippen molar-refractivity contribution in [2.75, 3.05) is 18.8 Å². The van der Waals surface area contributed by atoms with Gasteiger partial charge in [0.05, 0.1) is 12.7 Å². The number of allylic oxidation sites excluding steroid dienone is 2. The molecule has 1 aromatic rings. The molecule has 124 valence electrons. The van der Waals surface area contributed by atoms with Crippen LogP contribution in [-0.2, 0) is 4.57 Å². The van der Waals surface area contributed by atoms with E-state index >= 15 is 0 Å². The topological polar surface area (TPSA) is 139 Å². The van der Waals surface area contributed by atoms with Crippen LogP contribution in [0, 0.1) is 5.92 Å². The molecule has 2 atom stereocenters. The van der Waals surface area contributed by atoms with Gasteiger partial charge in [0.1, 0.15) is 18.0 Å². The first kappa shape index (κ1) is 18.4. The molecule has 0 bridgehead atoms. The van der Waals surface area contributed by atoms with Crippen LogP contribution in [0.2, 0.25) is 0 Å². The fourth-order valence-electron chi connectivity index (χ4n) is 1.80. The molecule has 1 aliphatic carbocycles. The minimum atomic E-state index is -4.09. The van der Waals surface area contributed by atoms with E-state index in [9.17, 15) is 18.1 Å². The van der Waals surface area contributed by atoms with Gasteiger partial charge >= 0.3 is 13.3 Å². The molecule has 0 radical (unpaired) electrons. The first-order valence-electron chi connectivity index (χ1n) is 6.11. The maximum Gasteiger partial charge on any atom is 0.350 e. The van der Waals surface area contributed by atoms with Gasteiger partial charge in [0.15, 0.2) is 0 Å². The van der Waals surface area contributed by atoms with E-state index in [0.717, 1.165) is 0 Å². The van der Waals surface area contributed by atoms with Gasteiger partial charge in [-0.15, -0.1) is 0 Å². The van der Waals surface area contributed by atoms with E-state index in [-0.39, 0.29) is 12.2 Å². The van der Waals surface area contributed by atoms with Gasteiger partial charge in [-0.3, -0.25) is 13.5 Å². The monoisotopic (exact) mass is 339 g/mol. The summed E-state index contributed by atoms with van der Waals surface area (Å²) >= 11 is 0. The third-order valence-electron chi connectivity index (χ3n) is 2.85. The number of hydrogen-bond donors (Lipinski definition) is 4. The number of halogens is 2. The highest BCUT2D eigenvalue weighted by Crippen LogP contribution is 2.34. The average molecular weight is 339 g/mol. The number of rotatable bonds is 3. The third kappa shape index (κ3) is 5.30. The first-order chi connectivity index (χ1) is 10.2. The van der Waals surface area contributed by atoms with Gasteiger partial charge in [-0.05, 0) is 18.6 Å². The molecular weight excluding hydrogens is 323 g/mol. The minimum Gasteiger partial charge on any atom is -0.384 e.